The molecule has 2 aliphatic rings. The van der Waals surface area contributed by atoms with E-state index in [0.29, 0.717) is 30.9 Å². The first kappa shape index (κ1) is 18.1. The highest BCUT2D eigenvalue weighted by Gasteiger charge is 2.27. The lowest BCUT2D eigenvalue weighted by Gasteiger charge is -2.15. The van der Waals surface area contributed by atoms with Crippen molar-refractivity contribution in [2.75, 3.05) is 31.6 Å². The molecule has 1 atom stereocenters. The zero-order valence-corrected chi connectivity index (χ0v) is 15.7. The van der Waals surface area contributed by atoms with Crippen LogP contribution in [0.25, 0.3) is 0 Å². The molecule has 2 aromatic rings. The van der Waals surface area contributed by atoms with Gasteiger partial charge in [0.15, 0.2) is 0 Å². The van der Waals surface area contributed by atoms with Gasteiger partial charge in [0, 0.05) is 31.5 Å². The van der Waals surface area contributed by atoms with Gasteiger partial charge in [-0.05, 0) is 43.5 Å². The maximum Gasteiger partial charge on any atom is 0.255 e. The Kier molecular flexibility index (Phi) is 4.98. The van der Waals surface area contributed by atoms with E-state index in [1.165, 1.54) is 28.6 Å². The van der Waals surface area contributed by atoms with Crippen LogP contribution in [0, 0.1) is 0 Å². The highest BCUT2D eigenvalue weighted by Crippen LogP contribution is 2.22. The first-order valence-electron chi connectivity index (χ1n) is 9.07. The molecule has 1 aromatic carbocycles. The number of hydrogen-bond donors (Lipinski definition) is 1. The lowest BCUT2D eigenvalue weighted by Crippen LogP contribution is -2.27. The number of hydrogen-bond acceptors (Lipinski definition) is 5. The van der Waals surface area contributed by atoms with Gasteiger partial charge in [-0.3, -0.25) is 9.48 Å². The molecule has 2 saturated heterocycles. The van der Waals surface area contributed by atoms with Gasteiger partial charge >= 0.3 is 0 Å². The summed E-state index contributed by atoms with van der Waals surface area (Å²) in [4.78, 5) is 12.6. The Morgan fingerprint density at radius 3 is 2.59 bits per heavy atom. The van der Waals surface area contributed by atoms with E-state index < -0.39 is 10.0 Å². The number of nitrogens with one attached hydrogen (secondary N) is 1. The molecular formula is C18H22N4O4S. The van der Waals surface area contributed by atoms with E-state index >= 15 is 0 Å². The first-order valence-corrected chi connectivity index (χ1v) is 10.5. The summed E-state index contributed by atoms with van der Waals surface area (Å²) in [6.45, 7) is 2.46. The Morgan fingerprint density at radius 2 is 1.93 bits per heavy atom. The predicted molar refractivity (Wildman–Crippen MR) is 99.1 cm³/mol. The monoisotopic (exact) mass is 390 g/mol. The average Bonchev–Trinajstić information content (AvgIpc) is 3.42. The summed E-state index contributed by atoms with van der Waals surface area (Å²) in [5.41, 5.74) is 0.994. The maximum atomic E-state index is 12.5. The fourth-order valence-electron chi connectivity index (χ4n) is 3.39. The minimum Gasteiger partial charge on any atom is -0.379 e. The number of carbonyl (C=O) groups is 1. The van der Waals surface area contributed by atoms with E-state index in [-0.39, 0.29) is 16.8 Å². The quantitative estimate of drug-likeness (QED) is 0.841. The zero-order chi connectivity index (χ0) is 18.9. The van der Waals surface area contributed by atoms with Crippen molar-refractivity contribution in [3.63, 3.8) is 0 Å². The Labute approximate surface area is 158 Å². The van der Waals surface area contributed by atoms with Crippen molar-refractivity contribution in [2.45, 2.75) is 30.2 Å². The Morgan fingerprint density at radius 1 is 1.19 bits per heavy atom. The van der Waals surface area contributed by atoms with Gasteiger partial charge in [0.1, 0.15) is 0 Å². The lowest BCUT2D eigenvalue weighted by atomic mass is 10.2. The summed E-state index contributed by atoms with van der Waals surface area (Å²) >= 11 is 0. The number of sulfonamides is 1. The molecule has 2 fully saturated rings. The number of rotatable bonds is 5. The fourth-order valence-corrected chi connectivity index (χ4v) is 4.91. The molecule has 0 radical (unpaired) electrons. The molecule has 2 aliphatic heterocycles. The zero-order valence-electron chi connectivity index (χ0n) is 14.9. The molecule has 0 saturated carbocycles. The van der Waals surface area contributed by atoms with Crippen molar-refractivity contribution in [1.29, 1.82) is 0 Å². The molecule has 0 aliphatic carbocycles. The molecule has 4 rings (SSSR count). The summed E-state index contributed by atoms with van der Waals surface area (Å²) in [6.07, 6.45) is 6.06. The second kappa shape index (κ2) is 7.41. The van der Waals surface area contributed by atoms with Crippen molar-refractivity contribution < 1.29 is 17.9 Å². The van der Waals surface area contributed by atoms with Gasteiger partial charge in [0.25, 0.3) is 5.91 Å². The molecule has 0 unspecified atom stereocenters. The van der Waals surface area contributed by atoms with E-state index in [4.69, 9.17) is 4.74 Å². The SMILES string of the molecule is O=C(Nc1cnn([C@@H]2CCOC2)c1)c1ccc(S(=O)(=O)N2CCCC2)cc1. The topological polar surface area (TPSA) is 93.5 Å². The van der Waals surface area contributed by atoms with E-state index in [1.807, 2.05) is 0 Å². The van der Waals surface area contributed by atoms with Crippen LogP contribution in [0.4, 0.5) is 5.69 Å². The molecule has 1 aromatic heterocycles. The number of anilines is 1. The summed E-state index contributed by atoms with van der Waals surface area (Å²) in [5, 5.41) is 7.06. The highest BCUT2D eigenvalue weighted by molar-refractivity contribution is 7.89. The van der Waals surface area contributed by atoms with Crippen LogP contribution in [-0.4, -0.2) is 54.7 Å². The van der Waals surface area contributed by atoms with Crippen molar-refractivity contribution in [3.05, 3.63) is 42.2 Å². The molecule has 1 amide bonds. The second-order valence-corrected chi connectivity index (χ2v) is 8.75. The molecule has 1 N–H and O–H groups in total. The third-order valence-electron chi connectivity index (χ3n) is 4.96. The van der Waals surface area contributed by atoms with Crippen LogP contribution in [0.15, 0.2) is 41.6 Å². The van der Waals surface area contributed by atoms with Crippen LogP contribution in [0.3, 0.4) is 0 Å². The van der Waals surface area contributed by atoms with Gasteiger partial charge < -0.3 is 10.1 Å². The Hall–Kier alpha value is -2.23. The fraction of sp³-hybridized carbons (Fsp3) is 0.444. The Balaban J connectivity index is 1.43. The van der Waals surface area contributed by atoms with E-state index in [9.17, 15) is 13.2 Å². The van der Waals surface area contributed by atoms with Crippen LogP contribution >= 0.6 is 0 Å². The molecule has 0 bridgehead atoms. The van der Waals surface area contributed by atoms with Crippen molar-refractivity contribution in [1.82, 2.24) is 14.1 Å². The summed E-state index contributed by atoms with van der Waals surface area (Å²) in [7, 11) is -3.47. The molecule has 0 spiro atoms. The molecular weight excluding hydrogens is 368 g/mol. The minimum atomic E-state index is -3.47. The standard InChI is InChI=1S/C18H22N4O4S/c23-18(20-15-11-19-22(12-15)16-7-10-26-13-16)14-3-5-17(6-4-14)27(24,25)21-8-1-2-9-21/h3-6,11-12,16H,1-2,7-10,13H2,(H,20,23)/t16-/m1/s1. The number of benzene rings is 1. The van der Waals surface area contributed by atoms with Crippen LogP contribution in [0.1, 0.15) is 35.7 Å². The molecule has 3 heterocycles. The van der Waals surface area contributed by atoms with Crippen molar-refractivity contribution in [2.24, 2.45) is 0 Å². The highest BCUT2D eigenvalue weighted by atomic mass is 32.2. The first-order chi connectivity index (χ1) is 13.0. The molecule has 8 nitrogen and oxygen atoms in total. The van der Waals surface area contributed by atoms with Gasteiger partial charge in [0.05, 0.1) is 29.4 Å². The molecule has 144 valence electrons. The largest absolute Gasteiger partial charge is 0.379 e. The van der Waals surface area contributed by atoms with Gasteiger partial charge in [-0.15, -0.1) is 0 Å². The summed E-state index contributed by atoms with van der Waals surface area (Å²) in [5.74, 6) is -0.303. The van der Waals surface area contributed by atoms with Crippen molar-refractivity contribution in [3.8, 4) is 0 Å². The number of ether oxygens (including phenoxy) is 1. The van der Waals surface area contributed by atoms with Crippen LogP contribution in [-0.2, 0) is 14.8 Å². The van der Waals surface area contributed by atoms with Crippen LogP contribution in [0.2, 0.25) is 0 Å². The predicted octanol–water partition coefficient (Wildman–Crippen LogP) is 1.88. The third-order valence-corrected chi connectivity index (χ3v) is 6.87. The lowest BCUT2D eigenvalue weighted by molar-refractivity contribution is 0.102. The summed E-state index contributed by atoms with van der Waals surface area (Å²) < 4.78 is 33.7. The molecule has 9 heteroatoms. The third kappa shape index (κ3) is 3.76. The average molecular weight is 390 g/mol. The van der Waals surface area contributed by atoms with E-state index in [2.05, 4.69) is 10.4 Å². The summed E-state index contributed by atoms with van der Waals surface area (Å²) in [6, 6.07) is 6.25. The maximum absolute atomic E-state index is 12.5. The van der Waals surface area contributed by atoms with Crippen LogP contribution < -0.4 is 5.32 Å². The number of nitrogens with zero attached hydrogens (tertiary/aromatic N) is 3. The number of carbonyl (C=O) groups excluding carboxylic acids is 1. The van der Waals surface area contributed by atoms with Gasteiger partial charge in [-0.2, -0.15) is 9.40 Å². The smallest absolute Gasteiger partial charge is 0.255 e. The van der Waals surface area contributed by atoms with E-state index in [0.717, 1.165) is 25.9 Å². The van der Waals surface area contributed by atoms with Crippen LogP contribution in [0.5, 0.6) is 0 Å². The van der Waals surface area contributed by atoms with Gasteiger partial charge in [-0.1, -0.05) is 0 Å². The Bertz CT molecular complexity index is 911. The number of aromatic nitrogens is 2. The minimum absolute atomic E-state index is 0.200. The second-order valence-electron chi connectivity index (χ2n) is 6.82. The van der Waals surface area contributed by atoms with Gasteiger partial charge in [0.2, 0.25) is 10.0 Å². The van der Waals surface area contributed by atoms with Crippen molar-refractivity contribution >= 4 is 21.6 Å². The van der Waals surface area contributed by atoms with Gasteiger partial charge in [-0.25, -0.2) is 8.42 Å². The molecule has 27 heavy (non-hydrogen) atoms. The number of amides is 1. The normalized spacial score (nSPS) is 20.8. The van der Waals surface area contributed by atoms with E-state index in [1.54, 1.807) is 17.1 Å².